The van der Waals surface area contributed by atoms with E-state index in [2.05, 4.69) is 43.4 Å². The van der Waals surface area contributed by atoms with Crippen molar-refractivity contribution in [3.05, 3.63) is 35.4 Å². The average molecular weight is 217 g/mol. The summed E-state index contributed by atoms with van der Waals surface area (Å²) in [6.45, 7) is 4.49. The number of nitrogens with one attached hydrogen (secondary N) is 1. The summed E-state index contributed by atoms with van der Waals surface area (Å²) in [4.78, 5) is 0. The van der Waals surface area contributed by atoms with Crippen LogP contribution in [0.4, 0.5) is 0 Å². The maximum Gasteiger partial charge on any atom is 0.0296 e. The average Bonchev–Trinajstić information content (AvgIpc) is 2.31. The van der Waals surface area contributed by atoms with Gasteiger partial charge in [0.2, 0.25) is 0 Å². The first-order valence-corrected chi connectivity index (χ1v) is 6.59. The molecule has 0 unspecified atom stereocenters. The quantitative estimate of drug-likeness (QED) is 0.807. The fourth-order valence-corrected chi connectivity index (χ4v) is 2.79. The van der Waals surface area contributed by atoms with Crippen LogP contribution < -0.4 is 5.32 Å². The second-order valence-corrected chi connectivity index (χ2v) is 5.08. The highest BCUT2D eigenvalue weighted by molar-refractivity contribution is 5.28. The van der Waals surface area contributed by atoms with Crippen LogP contribution in [-0.2, 0) is 0 Å². The molecule has 1 N–H and O–H groups in total. The highest BCUT2D eigenvalue weighted by Gasteiger charge is 2.16. The highest BCUT2D eigenvalue weighted by Crippen LogP contribution is 2.22. The molecular formula is C15H23N. The molecule has 1 fully saturated rings. The molecule has 0 aliphatic heterocycles. The lowest BCUT2D eigenvalue weighted by atomic mass is 9.93. The number of rotatable bonds is 3. The molecule has 0 spiro atoms. The lowest BCUT2D eigenvalue weighted by Crippen LogP contribution is -2.33. The van der Waals surface area contributed by atoms with Crippen LogP contribution in [-0.4, -0.2) is 6.04 Å². The molecule has 1 nitrogen and oxygen atoms in total. The van der Waals surface area contributed by atoms with Crippen molar-refractivity contribution in [1.29, 1.82) is 0 Å². The Kier molecular flexibility index (Phi) is 4.00. The lowest BCUT2D eigenvalue weighted by molar-refractivity contribution is 0.346. The van der Waals surface area contributed by atoms with E-state index >= 15 is 0 Å². The molecule has 0 saturated heterocycles. The fourth-order valence-electron chi connectivity index (χ4n) is 2.79. The molecule has 1 atom stereocenters. The van der Waals surface area contributed by atoms with Crippen molar-refractivity contribution in [3.63, 3.8) is 0 Å². The van der Waals surface area contributed by atoms with Crippen LogP contribution in [0.25, 0.3) is 0 Å². The van der Waals surface area contributed by atoms with Gasteiger partial charge in [0.1, 0.15) is 0 Å². The van der Waals surface area contributed by atoms with Gasteiger partial charge < -0.3 is 5.32 Å². The number of hydrogen-bond donors (Lipinski definition) is 1. The predicted octanol–water partition coefficient (Wildman–Crippen LogP) is 3.98. The van der Waals surface area contributed by atoms with Crippen molar-refractivity contribution >= 4 is 0 Å². The molecule has 0 amide bonds. The van der Waals surface area contributed by atoms with E-state index in [-0.39, 0.29) is 0 Å². The molecule has 1 aliphatic carbocycles. The third-order valence-corrected chi connectivity index (χ3v) is 3.75. The molecule has 1 aromatic carbocycles. The number of aryl methyl sites for hydroxylation is 1. The van der Waals surface area contributed by atoms with Gasteiger partial charge in [-0.1, -0.05) is 43.5 Å². The lowest BCUT2D eigenvalue weighted by Gasteiger charge is -2.27. The second-order valence-electron chi connectivity index (χ2n) is 5.08. The van der Waals surface area contributed by atoms with Crippen LogP contribution in [0, 0.1) is 6.92 Å². The molecule has 2 rings (SSSR count). The summed E-state index contributed by atoms with van der Waals surface area (Å²) in [5.41, 5.74) is 2.85. The van der Waals surface area contributed by atoms with Crippen molar-refractivity contribution in [2.24, 2.45) is 0 Å². The molecule has 0 heterocycles. The molecule has 0 radical (unpaired) electrons. The maximum absolute atomic E-state index is 3.78. The van der Waals surface area contributed by atoms with Crippen molar-refractivity contribution in [3.8, 4) is 0 Å². The SMILES string of the molecule is Cc1ccccc1[C@@H](C)NC1CCCCC1. The minimum absolute atomic E-state index is 0.490. The van der Waals surface area contributed by atoms with Gasteiger partial charge in [-0.25, -0.2) is 0 Å². The summed E-state index contributed by atoms with van der Waals surface area (Å²) in [5.74, 6) is 0. The first-order valence-electron chi connectivity index (χ1n) is 6.59. The first kappa shape index (κ1) is 11.7. The molecule has 0 bridgehead atoms. The molecule has 1 aliphatic rings. The summed E-state index contributed by atoms with van der Waals surface area (Å²) >= 11 is 0. The van der Waals surface area contributed by atoms with E-state index in [4.69, 9.17) is 0 Å². The van der Waals surface area contributed by atoms with Crippen LogP contribution in [0.15, 0.2) is 24.3 Å². The van der Waals surface area contributed by atoms with Gasteiger partial charge in [0.05, 0.1) is 0 Å². The van der Waals surface area contributed by atoms with Crippen molar-refractivity contribution in [1.82, 2.24) is 5.32 Å². The Balaban J connectivity index is 1.96. The molecule has 88 valence electrons. The van der Waals surface area contributed by atoms with Gasteiger partial charge in [-0.15, -0.1) is 0 Å². The van der Waals surface area contributed by atoms with E-state index in [0.717, 1.165) is 6.04 Å². The van der Waals surface area contributed by atoms with Gasteiger partial charge in [0.15, 0.2) is 0 Å². The Morgan fingerprint density at radius 3 is 2.50 bits per heavy atom. The minimum atomic E-state index is 0.490. The smallest absolute Gasteiger partial charge is 0.0296 e. The topological polar surface area (TPSA) is 12.0 Å². The second kappa shape index (κ2) is 5.49. The summed E-state index contributed by atoms with van der Waals surface area (Å²) in [7, 11) is 0. The van der Waals surface area contributed by atoms with E-state index in [0.29, 0.717) is 6.04 Å². The fraction of sp³-hybridized carbons (Fsp3) is 0.600. The Bertz CT molecular complexity index is 326. The zero-order valence-corrected chi connectivity index (χ0v) is 10.5. The third-order valence-electron chi connectivity index (χ3n) is 3.75. The van der Waals surface area contributed by atoms with Crippen LogP contribution in [0.2, 0.25) is 0 Å². The molecule has 1 aromatic rings. The van der Waals surface area contributed by atoms with Crippen molar-refractivity contribution in [2.75, 3.05) is 0 Å². The zero-order chi connectivity index (χ0) is 11.4. The first-order chi connectivity index (χ1) is 7.77. The van der Waals surface area contributed by atoms with Gasteiger partial charge in [-0.05, 0) is 37.8 Å². The van der Waals surface area contributed by atoms with Crippen LogP contribution >= 0.6 is 0 Å². The molecule has 1 heteroatoms. The third kappa shape index (κ3) is 2.85. The number of hydrogen-bond acceptors (Lipinski definition) is 1. The molecular weight excluding hydrogens is 194 g/mol. The highest BCUT2D eigenvalue weighted by atomic mass is 14.9. The summed E-state index contributed by atoms with van der Waals surface area (Å²) < 4.78 is 0. The van der Waals surface area contributed by atoms with Crippen LogP contribution in [0.5, 0.6) is 0 Å². The van der Waals surface area contributed by atoms with Crippen molar-refractivity contribution < 1.29 is 0 Å². The summed E-state index contributed by atoms with van der Waals surface area (Å²) in [6.07, 6.45) is 6.94. The zero-order valence-electron chi connectivity index (χ0n) is 10.5. The Hall–Kier alpha value is -0.820. The molecule has 0 aromatic heterocycles. The van der Waals surface area contributed by atoms with Crippen LogP contribution in [0.3, 0.4) is 0 Å². The van der Waals surface area contributed by atoms with E-state index < -0.39 is 0 Å². The minimum Gasteiger partial charge on any atom is -0.307 e. The molecule has 1 saturated carbocycles. The normalized spacial score (nSPS) is 19.6. The molecule has 16 heavy (non-hydrogen) atoms. The maximum atomic E-state index is 3.78. The van der Waals surface area contributed by atoms with E-state index in [1.165, 1.54) is 43.2 Å². The van der Waals surface area contributed by atoms with Crippen LogP contribution in [0.1, 0.15) is 56.2 Å². The van der Waals surface area contributed by atoms with Gasteiger partial charge >= 0.3 is 0 Å². The summed E-state index contributed by atoms with van der Waals surface area (Å²) in [6, 6.07) is 9.94. The number of benzene rings is 1. The van der Waals surface area contributed by atoms with Gasteiger partial charge in [0.25, 0.3) is 0 Å². The Labute approximate surface area is 99.3 Å². The Morgan fingerprint density at radius 2 is 1.81 bits per heavy atom. The van der Waals surface area contributed by atoms with Crippen molar-refractivity contribution in [2.45, 2.75) is 58.0 Å². The monoisotopic (exact) mass is 217 g/mol. The van der Waals surface area contributed by atoms with E-state index in [9.17, 15) is 0 Å². The van der Waals surface area contributed by atoms with Gasteiger partial charge in [-0.2, -0.15) is 0 Å². The predicted molar refractivity (Wildman–Crippen MR) is 69.6 cm³/mol. The largest absolute Gasteiger partial charge is 0.307 e. The van der Waals surface area contributed by atoms with E-state index in [1.54, 1.807) is 0 Å². The summed E-state index contributed by atoms with van der Waals surface area (Å²) in [5, 5.41) is 3.78. The Morgan fingerprint density at radius 1 is 1.12 bits per heavy atom. The van der Waals surface area contributed by atoms with E-state index in [1.807, 2.05) is 0 Å². The standard InChI is InChI=1S/C15H23N/c1-12-8-6-7-11-15(12)13(2)16-14-9-4-3-5-10-14/h6-8,11,13-14,16H,3-5,9-10H2,1-2H3/t13-/m1/s1. The van der Waals surface area contributed by atoms with Gasteiger partial charge in [0, 0.05) is 12.1 Å². The van der Waals surface area contributed by atoms with Gasteiger partial charge in [-0.3, -0.25) is 0 Å².